The van der Waals surface area contributed by atoms with E-state index < -0.39 is 15.6 Å². The monoisotopic (exact) mass is 377 g/mol. The van der Waals surface area contributed by atoms with Crippen LogP contribution >= 0.6 is 12.4 Å². The van der Waals surface area contributed by atoms with Crippen molar-refractivity contribution in [2.75, 3.05) is 5.32 Å². The van der Waals surface area contributed by atoms with Crippen LogP contribution in [-0.2, 0) is 14.8 Å². The third-order valence-corrected chi connectivity index (χ3v) is 5.29. The molecule has 0 aliphatic carbocycles. The summed E-state index contributed by atoms with van der Waals surface area (Å²) in [6, 6.07) is 4.53. The van der Waals surface area contributed by atoms with Crippen molar-refractivity contribution in [3.63, 3.8) is 0 Å². The van der Waals surface area contributed by atoms with E-state index in [0.717, 1.165) is 0 Å². The summed E-state index contributed by atoms with van der Waals surface area (Å²) in [4.78, 5) is 12.2. The zero-order valence-corrected chi connectivity index (χ0v) is 16.6. The lowest BCUT2D eigenvalue weighted by Crippen LogP contribution is -2.40. The number of anilines is 1. The lowest BCUT2D eigenvalue weighted by atomic mass is 10.0. The zero-order valence-electron chi connectivity index (χ0n) is 15.0. The second-order valence-corrected chi connectivity index (χ2v) is 8.62. The fraction of sp³-hybridized carbons (Fsp3) is 0.562. The minimum atomic E-state index is -3.67. The van der Waals surface area contributed by atoms with Crippen molar-refractivity contribution in [1.29, 1.82) is 0 Å². The number of carbonyl (C=O) groups excluding carboxylic acids is 1. The second kappa shape index (κ2) is 8.29. The summed E-state index contributed by atoms with van der Waals surface area (Å²) in [6.45, 7) is 10.5. The van der Waals surface area contributed by atoms with Crippen LogP contribution in [-0.4, -0.2) is 25.9 Å². The van der Waals surface area contributed by atoms with Gasteiger partial charge in [0.25, 0.3) is 0 Å². The van der Waals surface area contributed by atoms with Gasteiger partial charge in [0, 0.05) is 17.3 Å². The van der Waals surface area contributed by atoms with Crippen LogP contribution in [0.5, 0.6) is 0 Å². The topological polar surface area (TPSA) is 101 Å². The molecule has 0 heterocycles. The number of nitrogens with two attached hydrogens (primary N) is 1. The molecule has 2 unspecified atom stereocenters. The summed E-state index contributed by atoms with van der Waals surface area (Å²) in [5.41, 5.74) is 6.17. The summed E-state index contributed by atoms with van der Waals surface area (Å²) in [6.07, 6.45) is 0. The van der Waals surface area contributed by atoms with Crippen LogP contribution in [0, 0.1) is 12.8 Å². The number of benzene rings is 1. The summed E-state index contributed by atoms with van der Waals surface area (Å²) >= 11 is 0. The Morgan fingerprint density at radius 3 is 2.21 bits per heavy atom. The fourth-order valence-electron chi connectivity index (χ4n) is 1.92. The average molecular weight is 378 g/mol. The third kappa shape index (κ3) is 6.39. The normalized spacial score (nSPS) is 14.5. The average Bonchev–Trinajstić information content (AvgIpc) is 2.36. The van der Waals surface area contributed by atoms with Crippen molar-refractivity contribution < 1.29 is 13.2 Å². The molecule has 1 rings (SSSR count). The molecule has 138 valence electrons. The fourth-order valence-corrected chi connectivity index (χ4v) is 3.61. The molecule has 0 saturated heterocycles. The molecule has 0 spiro atoms. The van der Waals surface area contributed by atoms with Crippen LogP contribution < -0.4 is 15.8 Å². The van der Waals surface area contributed by atoms with Crippen LogP contribution in [0.1, 0.15) is 40.2 Å². The van der Waals surface area contributed by atoms with Crippen LogP contribution in [0.15, 0.2) is 23.1 Å². The maximum absolute atomic E-state index is 12.5. The first-order valence-corrected chi connectivity index (χ1v) is 9.03. The summed E-state index contributed by atoms with van der Waals surface area (Å²) < 4.78 is 27.6. The lowest BCUT2D eigenvalue weighted by Gasteiger charge is -2.22. The Hall–Kier alpha value is -1.15. The molecule has 6 nitrogen and oxygen atoms in total. The highest BCUT2D eigenvalue weighted by molar-refractivity contribution is 7.89. The summed E-state index contributed by atoms with van der Waals surface area (Å²) in [5, 5.41) is 2.71. The van der Waals surface area contributed by atoms with Crippen molar-refractivity contribution in [2.45, 2.75) is 58.0 Å². The quantitative estimate of drug-likeness (QED) is 0.733. The van der Waals surface area contributed by atoms with Gasteiger partial charge in [-0.1, -0.05) is 13.0 Å². The lowest BCUT2D eigenvalue weighted by molar-refractivity contribution is -0.119. The van der Waals surface area contributed by atoms with E-state index in [9.17, 15) is 13.2 Å². The molecule has 2 atom stereocenters. The van der Waals surface area contributed by atoms with Gasteiger partial charge in [0.15, 0.2) is 0 Å². The number of hydrogen-bond donors (Lipinski definition) is 3. The maximum atomic E-state index is 12.5. The summed E-state index contributed by atoms with van der Waals surface area (Å²) in [7, 11) is -3.67. The number of rotatable bonds is 5. The van der Waals surface area contributed by atoms with E-state index >= 15 is 0 Å². The third-order valence-electron chi connectivity index (χ3n) is 3.39. The van der Waals surface area contributed by atoms with Gasteiger partial charge in [0.05, 0.1) is 10.8 Å². The molecule has 8 heteroatoms. The van der Waals surface area contributed by atoms with E-state index in [0.29, 0.717) is 11.3 Å². The molecule has 24 heavy (non-hydrogen) atoms. The van der Waals surface area contributed by atoms with Crippen molar-refractivity contribution in [2.24, 2.45) is 11.7 Å². The van der Waals surface area contributed by atoms with Gasteiger partial charge < -0.3 is 11.1 Å². The minimum Gasteiger partial charge on any atom is -0.327 e. The molecule has 4 N–H and O–H groups in total. The van der Waals surface area contributed by atoms with Gasteiger partial charge >= 0.3 is 0 Å². The van der Waals surface area contributed by atoms with Gasteiger partial charge in [0.1, 0.15) is 0 Å². The number of sulfonamides is 1. The van der Waals surface area contributed by atoms with Crippen molar-refractivity contribution in [3.05, 3.63) is 23.8 Å². The van der Waals surface area contributed by atoms with Crippen LogP contribution in [0.2, 0.25) is 0 Å². The molecular formula is C16H28ClN3O3S. The number of carbonyl (C=O) groups is 1. The van der Waals surface area contributed by atoms with Gasteiger partial charge in [0.2, 0.25) is 15.9 Å². The van der Waals surface area contributed by atoms with E-state index in [4.69, 9.17) is 5.73 Å². The molecule has 0 fully saturated rings. The first-order valence-electron chi connectivity index (χ1n) is 7.54. The molecule has 0 aliphatic rings. The van der Waals surface area contributed by atoms with Crippen molar-refractivity contribution in [3.8, 4) is 0 Å². The largest absolute Gasteiger partial charge is 0.327 e. The van der Waals surface area contributed by atoms with Gasteiger partial charge in [-0.2, -0.15) is 0 Å². The molecule has 0 aliphatic heterocycles. The smallest absolute Gasteiger partial charge is 0.241 e. The number of nitrogens with one attached hydrogen (secondary N) is 2. The van der Waals surface area contributed by atoms with Crippen molar-refractivity contribution in [1.82, 2.24) is 4.72 Å². The van der Waals surface area contributed by atoms with E-state index in [1.807, 2.05) is 0 Å². The highest BCUT2D eigenvalue weighted by atomic mass is 35.5. The second-order valence-electron chi connectivity index (χ2n) is 6.97. The first kappa shape index (κ1) is 22.9. The zero-order chi connectivity index (χ0) is 18.0. The highest BCUT2D eigenvalue weighted by Gasteiger charge is 2.24. The van der Waals surface area contributed by atoms with Crippen LogP contribution in [0.3, 0.4) is 0 Å². The van der Waals surface area contributed by atoms with Crippen LogP contribution in [0.25, 0.3) is 0 Å². The number of aryl methyl sites for hydroxylation is 1. The molecule has 1 aromatic carbocycles. The molecule has 0 bridgehead atoms. The molecule has 1 amide bonds. The molecule has 0 saturated carbocycles. The van der Waals surface area contributed by atoms with E-state index in [1.54, 1.807) is 53.7 Å². The predicted octanol–water partition coefficient (Wildman–Crippen LogP) is 2.42. The number of amides is 1. The Bertz CT molecular complexity index is 682. The van der Waals surface area contributed by atoms with E-state index in [-0.39, 0.29) is 35.2 Å². The Kier molecular flexibility index (Phi) is 7.89. The maximum Gasteiger partial charge on any atom is 0.241 e. The SMILES string of the molecule is Cc1ccc(NC(=O)C(C)C(C)N)cc1S(=O)(=O)NC(C)(C)C.Cl. The molecule has 1 aromatic rings. The standard InChI is InChI=1S/C16H27N3O3S.ClH/c1-10-7-8-13(18-15(20)11(2)12(3)17)9-14(10)23(21,22)19-16(4,5)6;/h7-9,11-12,19H,17H2,1-6H3,(H,18,20);1H. The van der Waals surface area contributed by atoms with Gasteiger partial charge in [-0.15, -0.1) is 12.4 Å². The van der Waals surface area contributed by atoms with Crippen molar-refractivity contribution >= 4 is 34.0 Å². The molecule has 0 aromatic heterocycles. The number of halogens is 1. The Morgan fingerprint density at radius 1 is 1.21 bits per heavy atom. The van der Waals surface area contributed by atoms with Gasteiger partial charge in [-0.05, 0) is 52.3 Å². The van der Waals surface area contributed by atoms with E-state index in [2.05, 4.69) is 10.0 Å². The Labute approximate surface area is 151 Å². The Morgan fingerprint density at radius 2 is 1.75 bits per heavy atom. The first-order chi connectivity index (χ1) is 10.3. The molecular weight excluding hydrogens is 350 g/mol. The Balaban J connectivity index is 0.00000529. The molecule has 0 radical (unpaired) electrons. The predicted molar refractivity (Wildman–Crippen MR) is 99.9 cm³/mol. The number of hydrogen-bond acceptors (Lipinski definition) is 4. The van der Waals surface area contributed by atoms with Crippen LogP contribution in [0.4, 0.5) is 5.69 Å². The minimum absolute atomic E-state index is 0. The van der Waals surface area contributed by atoms with Gasteiger partial charge in [-0.3, -0.25) is 4.79 Å². The van der Waals surface area contributed by atoms with E-state index in [1.165, 1.54) is 6.07 Å². The van der Waals surface area contributed by atoms with Gasteiger partial charge in [-0.25, -0.2) is 13.1 Å². The highest BCUT2D eigenvalue weighted by Crippen LogP contribution is 2.22. The summed E-state index contributed by atoms with van der Waals surface area (Å²) in [5.74, 6) is -0.611.